The average Bonchev–Trinajstić information content (AvgIpc) is 2.54. The number of hydrogen-bond acceptors (Lipinski definition) is 2. The van der Waals surface area contributed by atoms with Crippen LogP contribution in [0.4, 0.5) is 4.39 Å². The van der Waals surface area contributed by atoms with Gasteiger partial charge in [0.1, 0.15) is 5.82 Å². The highest BCUT2D eigenvalue weighted by Gasteiger charge is 2.02. The first-order valence-electron chi connectivity index (χ1n) is 7.05. The van der Waals surface area contributed by atoms with Gasteiger partial charge in [-0.15, -0.1) is 0 Å². The van der Waals surface area contributed by atoms with Gasteiger partial charge in [0.15, 0.2) is 5.96 Å². The summed E-state index contributed by atoms with van der Waals surface area (Å²) in [5, 5.41) is 6.47. The van der Waals surface area contributed by atoms with E-state index in [9.17, 15) is 4.39 Å². The zero-order valence-corrected chi connectivity index (χ0v) is 13.1. The predicted molar refractivity (Wildman–Crippen MR) is 87.3 cm³/mol. The molecule has 6 heteroatoms. The van der Waals surface area contributed by atoms with Crippen molar-refractivity contribution in [3.8, 4) is 0 Å². The summed E-state index contributed by atoms with van der Waals surface area (Å²) in [6, 6.07) is 10.4. The number of rotatable bonds is 5. The fraction of sp³-hybridized carbons (Fsp3) is 0.250. The number of nitrogens with one attached hydrogen (secondary N) is 2. The summed E-state index contributed by atoms with van der Waals surface area (Å²) in [4.78, 5) is 8.70. The van der Waals surface area contributed by atoms with Crippen LogP contribution in [0.3, 0.4) is 0 Å². The highest BCUT2D eigenvalue weighted by molar-refractivity contribution is 6.30. The number of aromatic nitrogens is 1. The van der Waals surface area contributed by atoms with Gasteiger partial charge in [0.2, 0.25) is 0 Å². The van der Waals surface area contributed by atoms with E-state index in [0.717, 1.165) is 17.8 Å². The van der Waals surface area contributed by atoms with Gasteiger partial charge in [-0.3, -0.25) is 4.98 Å². The van der Waals surface area contributed by atoms with Crippen molar-refractivity contribution in [2.75, 3.05) is 6.54 Å². The van der Waals surface area contributed by atoms with Gasteiger partial charge in [-0.25, -0.2) is 9.38 Å². The molecule has 1 aromatic heterocycles. The van der Waals surface area contributed by atoms with Crippen LogP contribution in [0.5, 0.6) is 0 Å². The lowest BCUT2D eigenvalue weighted by Gasteiger charge is -2.11. The van der Waals surface area contributed by atoms with E-state index >= 15 is 0 Å². The molecule has 0 bridgehead atoms. The van der Waals surface area contributed by atoms with Crippen molar-refractivity contribution in [3.63, 3.8) is 0 Å². The van der Waals surface area contributed by atoms with Gasteiger partial charge < -0.3 is 10.6 Å². The van der Waals surface area contributed by atoms with Crippen molar-refractivity contribution in [2.24, 2.45) is 4.99 Å². The third-order valence-corrected chi connectivity index (χ3v) is 3.20. The topological polar surface area (TPSA) is 49.3 Å². The first kappa shape index (κ1) is 16.2. The smallest absolute Gasteiger partial charge is 0.191 e. The Morgan fingerprint density at radius 3 is 2.82 bits per heavy atom. The Morgan fingerprint density at radius 2 is 2.14 bits per heavy atom. The maximum absolute atomic E-state index is 13.1. The molecule has 0 spiro atoms. The summed E-state index contributed by atoms with van der Waals surface area (Å²) >= 11 is 5.77. The van der Waals surface area contributed by atoms with E-state index in [-0.39, 0.29) is 5.02 Å². The molecule has 0 aliphatic rings. The molecule has 2 N–H and O–H groups in total. The van der Waals surface area contributed by atoms with Gasteiger partial charge in [-0.2, -0.15) is 0 Å². The van der Waals surface area contributed by atoms with Gasteiger partial charge >= 0.3 is 0 Å². The van der Waals surface area contributed by atoms with Crippen LogP contribution in [0.15, 0.2) is 47.6 Å². The van der Waals surface area contributed by atoms with E-state index in [1.54, 1.807) is 18.3 Å². The third-order valence-electron chi connectivity index (χ3n) is 2.91. The van der Waals surface area contributed by atoms with Gasteiger partial charge in [-0.1, -0.05) is 23.7 Å². The summed E-state index contributed by atoms with van der Waals surface area (Å²) in [5.74, 6) is 0.253. The Balaban J connectivity index is 1.98. The van der Waals surface area contributed by atoms with Crippen LogP contribution in [-0.4, -0.2) is 17.5 Å². The molecule has 22 heavy (non-hydrogen) atoms. The number of aliphatic imine (C=N–C) groups is 1. The lowest BCUT2D eigenvalue weighted by molar-refractivity contribution is 0.627. The highest BCUT2D eigenvalue weighted by Crippen LogP contribution is 2.16. The molecule has 4 nitrogen and oxygen atoms in total. The van der Waals surface area contributed by atoms with Crippen molar-refractivity contribution in [1.82, 2.24) is 15.6 Å². The maximum Gasteiger partial charge on any atom is 0.191 e. The molecule has 1 heterocycles. The fourth-order valence-corrected chi connectivity index (χ4v) is 2.03. The molecule has 1 aromatic carbocycles. The van der Waals surface area contributed by atoms with E-state index < -0.39 is 5.82 Å². The Morgan fingerprint density at radius 1 is 1.27 bits per heavy atom. The molecule has 0 aliphatic heterocycles. The first-order chi connectivity index (χ1) is 10.7. The Labute approximate surface area is 134 Å². The van der Waals surface area contributed by atoms with Crippen LogP contribution < -0.4 is 10.6 Å². The zero-order valence-electron chi connectivity index (χ0n) is 12.3. The number of guanidine groups is 1. The molecule has 0 unspecified atom stereocenters. The first-order valence-corrected chi connectivity index (χ1v) is 7.43. The highest BCUT2D eigenvalue weighted by atomic mass is 35.5. The quantitative estimate of drug-likeness (QED) is 0.657. The molecule has 0 saturated heterocycles. The second kappa shape index (κ2) is 8.34. The number of nitrogens with zero attached hydrogens (tertiary/aromatic N) is 2. The van der Waals surface area contributed by atoms with Crippen molar-refractivity contribution in [3.05, 3.63) is 64.7 Å². The third kappa shape index (κ3) is 5.00. The number of benzene rings is 1. The van der Waals surface area contributed by atoms with Gasteiger partial charge in [0.25, 0.3) is 0 Å². The Bertz CT molecular complexity index is 631. The van der Waals surface area contributed by atoms with Crippen LogP contribution >= 0.6 is 11.6 Å². The van der Waals surface area contributed by atoms with Crippen molar-refractivity contribution in [2.45, 2.75) is 20.0 Å². The van der Waals surface area contributed by atoms with Gasteiger partial charge in [-0.05, 0) is 36.8 Å². The second-order valence-corrected chi connectivity index (χ2v) is 5.03. The molecule has 0 aliphatic carbocycles. The average molecular weight is 321 g/mol. The summed E-state index contributed by atoms with van der Waals surface area (Å²) in [6.07, 6.45) is 1.75. The van der Waals surface area contributed by atoms with Gasteiger partial charge in [0, 0.05) is 12.7 Å². The molecule has 0 radical (unpaired) electrons. The van der Waals surface area contributed by atoms with E-state index in [4.69, 9.17) is 11.6 Å². The molecule has 116 valence electrons. The van der Waals surface area contributed by atoms with E-state index in [0.29, 0.717) is 19.0 Å². The minimum absolute atomic E-state index is 0.110. The molecular formula is C16H18ClFN4. The minimum atomic E-state index is -0.422. The Hall–Kier alpha value is -2.14. The zero-order chi connectivity index (χ0) is 15.8. The summed E-state index contributed by atoms with van der Waals surface area (Å²) in [5.41, 5.74) is 1.78. The number of hydrogen-bond donors (Lipinski definition) is 2. The van der Waals surface area contributed by atoms with E-state index in [2.05, 4.69) is 20.6 Å². The minimum Gasteiger partial charge on any atom is -0.357 e. The molecule has 2 rings (SSSR count). The SMILES string of the molecule is CCNC(=NCc1ccc(F)c(Cl)c1)NCc1ccccn1. The number of halogens is 2. The largest absolute Gasteiger partial charge is 0.357 e. The molecule has 0 atom stereocenters. The summed E-state index contributed by atoms with van der Waals surface area (Å²) in [6.45, 7) is 3.74. The maximum atomic E-state index is 13.1. The van der Waals surface area contributed by atoms with Crippen LogP contribution in [0.25, 0.3) is 0 Å². The summed E-state index contributed by atoms with van der Waals surface area (Å²) in [7, 11) is 0. The fourth-order valence-electron chi connectivity index (χ4n) is 1.83. The van der Waals surface area contributed by atoms with E-state index in [1.165, 1.54) is 6.07 Å². The van der Waals surface area contributed by atoms with Crippen LogP contribution in [0.1, 0.15) is 18.2 Å². The lowest BCUT2D eigenvalue weighted by Crippen LogP contribution is -2.37. The normalized spacial score (nSPS) is 11.3. The van der Waals surface area contributed by atoms with Crippen molar-refractivity contribution >= 4 is 17.6 Å². The van der Waals surface area contributed by atoms with E-state index in [1.807, 2.05) is 25.1 Å². The Kier molecular flexibility index (Phi) is 6.15. The van der Waals surface area contributed by atoms with Crippen LogP contribution in [-0.2, 0) is 13.1 Å². The standard InChI is InChI=1S/C16H18ClFN4/c1-2-19-16(22-11-13-5-3-4-8-20-13)21-10-12-6-7-15(18)14(17)9-12/h3-9H,2,10-11H2,1H3,(H2,19,21,22). The molecule has 2 aromatic rings. The van der Waals surface area contributed by atoms with Gasteiger partial charge in [0.05, 0.1) is 23.8 Å². The van der Waals surface area contributed by atoms with Crippen LogP contribution in [0.2, 0.25) is 5.02 Å². The lowest BCUT2D eigenvalue weighted by atomic mass is 10.2. The number of pyridine rings is 1. The van der Waals surface area contributed by atoms with Crippen molar-refractivity contribution < 1.29 is 4.39 Å². The van der Waals surface area contributed by atoms with Crippen LogP contribution in [0, 0.1) is 5.82 Å². The molecule has 0 amide bonds. The second-order valence-electron chi connectivity index (χ2n) is 4.62. The molecule has 0 saturated carbocycles. The molecule has 0 fully saturated rings. The monoisotopic (exact) mass is 320 g/mol. The molecular weight excluding hydrogens is 303 g/mol. The summed E-state index contributed by atoms with van der Waals surface area (Å²) < 4.78 is 13.1. The van der Waals surface area contributed by atoms with Crippen molar-refractivity contribution in [1.29, 1.82) is 0 Å². The predicted octanol–water partition coefficient (Wildman–Crippen LogP) is 3.13.